The second-order valence-corrected chi connectivity index (χ2v) is 7.49. The fraction of sp³-hybridized carbons (Fsp3) is 0.591. The lowest BCUT2D eigenvalue weighted by atomic mass is 9.97. The Morgan fingerprint density at radius 1 is 1.04 bits per heavy atom. The van der Waals surface area contributed by atoms with Crippen molar-refractivity contribution in [2.45, 2.75) is 32.1 Å². The number of nitrogens with one attached hydrogen (secondary N) is 1. The summed E-state index contributed by atoms with van der Waals surface area (Å²) in [5.41, 5.74) is 1.52. The molecular formula is C22H33N3O2. The third kappa shape index (κ3) is 7.35. The Kier molecular flexibility index (Phi) is 8.18. The van der Waals surface area contributed by atoms with E-state index in [4.69, 9.17) is 4.74 Å². The van der Waals surface area contributed by atoms with Crippen LogP contribution in [0.3, 0.4) is 0 Å². The Balaban J connectivity index is 1.24. The van der Waals surface area contributed by atoms with E-state index in [2.05, 4.69) is 21.2 Å². The van der Waals surface area contributed by atoms with E-state index in [9.17, 15) is 4.79 Å². The highest BCUT2D eigenvalue weighted by Crippen LogP contribution is 2.19. The van der Waals surface area contributed by atoms with E-state index >= 15 is 0 Å². The number of hydrogen-bond donors (Lipinski definition) is 1. The van der Waals surface area contributed by atoms with Crippen LogP contribution < -0.4 is 10.1 Å². The van der Waals surface area contributed by atoms with Crippen molar-refractivity contribution in [3.63, 3.8) is 0 Å². The maximum atomic E-state index is 12.2. The van der Waals surface area contributed by atoms with Gasteiger partial charge in [-0.15, -0.1) is 0 Å². The molecule has 0 aromatic heterocycles. The van der Waals surface area contributed by atoms with Crippen molar-refractivity contribution in [3.05, 3.63) is 42.0 Å². The van der Waals surface area contributed by atoms with Crippen molar-refractivity contribution >= 4 is 5.91 Å². The van der Waals surface area contributed by atoms with E-state index in [-0.39, 0.29) is 5.91 Å². The summed E-state index contributed by atoms with van der Waals surface area (Å²) in [5, 5.41) is 3.09. The molecule has 0 atom stereocenters. The van der Waals surface area contributed by atoms with Gasteiger partial charge in [-0.25, -0.2) is 0 Å². The average molecular weight is 372 g/mol. The molecule has 1 saturated heterocycles. The predicted molar refractivity (Wildman–Crippen MR) is 109 cm³/mol. The lowest BCUT2D eigenvalue weighted by Gasteiger charge is -2.34. The quantitative estimate of drug-likeness (QED) is 0.678. The van der Waals surface area contributed by atoms with E-state index in [0.29, 0.717) is 13.2 Å². The molecule has 1 fully saturated rings. The van der Waals surface area contributed by atoms with Gasteiger partial charge in [0.05, 0.1) is 6.54 Å². The molecule has 1 aromatic carbocycles. The minimum atomic E-state index is 0.160. The van der Waals surface area contributed by atoms with Gasteiger partial charge in [-0.05, 0) is 44.2 Å². The lowest BCUT2D eigenvalue weighted by Crippen LogP contribution is -2.50. The second kappa shape index (κ2) is 11.1. The number of hydrogen-bond acceptors (Lipinski definition) is 4. The zero-order valence-electron chi connectivity index (χ0n) is 16.4. The van der Waals surface area contributed by atoms with Crippen molar-refractivity contribution in [1.82, 2.24) is 15.1 Å². The zero-order chi connectivity index (χ0) is 18.7. The zero-order valence-corrected chi connectivity index (χ0v) is 16.4. The molecule has 1 amide bonds. The van der Waals surface area contributed by atoms with Crippen LogP contribution in [-0.4, -0.2) is 68.1 Å². The van der Waals surface area contributed by atoms with Crippen LogP contribution >= 0.6 is 0 Å². The number of rotatable bonds is 9. The SMILES string of the molecule is O=C(CN1CCN(CCOc2ccccc2)CC1)NCCC1=CCCCC1. The minimum absolute atomic E-state index is 0.160. The van der Waals surface area contributed by atoms with Gasteiger partial charge in [0.25, 0.3) is 0 Å². The van der Waals surface area contributed by atoms with E-state index in [0.717, 1.165) is 51.4 Å². The van der Waals surface area contributed by atoms with Crippen LogP contribution in [-0.2, 0) is 4.79 Å². The Morgan fingerprint density at radius 3 is 2.56 bits per heavy atom. The summed E-state index contributed by atoms with van der Waals surface area (Å²) in [6, 6.07) is 9.95. The summed E-state index contributed by atoms with van der Waals surface area (Å²) in [4.78, 5) is 16.8. The highest BCUT2D eigenvalue weighted by molar-refractivity contribution is 5.78. The van der Waals surface area contributed by atoms with Crippen molar-refractivity contribution in [3.8, 4) is 5.75 Å². The van der Waals surface area contributed by atoms with Crippen LogP contribution in [0, 0.1) is 0 Å². The Hall–Kier alpha value is -1.85. The molecule has 3 rings (SSSR count). The summed E-state index contributed by atoms with van der Waals surface area (Å²) in [6.45, 7) is 6.84. The molecule has 1 N–H and O–H groups in total. The smallest absolute Gasteiger partial charge is 0.234 e. The van der Waals surface area contributed by atoms with Crippen LogP contribution in [0.15, 0.2) is 42.0 Å². The van der Waals surface area contributed by atoms with Crippen LogP contribution in [0.2, 0.25) is 0 Å². The van der Waals surface area contributed by atoms with E-state index in [1.54, 1.807) is 0 Å². The van der Waals surface area contributed by atoms with Gasteiger partial charge in [0.2, 0.25) is 5.91 Å². The number of carbonyl (C=O) groups is 1. The summed E-state index contributed by atoms with van der Waals surface area (Å²) in [5.74, 6) is 1.09. The fourth-order valence-corrected chi connectivity index (χ4v) is 3.73. The first kappa shape index (κ1) is 19.9. The maximum Gasteiger partial charge on any atom is 0.234 e. The van der Waals surface area contributed by atoms with Gasteiger partial charge in [-0.1, -0.05) is 29.8 Å². The molecule has 1 heterocycles. The van der Waals surface area contributed by atoms with Crippen LogP contribution in [0.1, 0.15) is 32.1 Å². The number of amides is 1. The first-order chi connectivity index (χ1) is 13.3. The van der Waals surface area contributed by atoms with Crippen molar-refractivity contribution in [2.75, 3.05) is 52.4 Å². The standard InChI is InChI=1S/C22H33N3O2/c26-22(23-12-11-20-7-3-1-4-8-20)19-25-15-13-24(14-16-25)17-18-27-21-9-5-2-6-10-21/h2,5-7,9-10H,1,3-4,8,11-19H2,(H,23,26). The van der Waals surface area contributed by atoms with Gasteiger partial charge >= 0.3 is 0 Å². The molecule has 5 heteroatoms. The number of benzene rings is 1. The van der Waals surface area contributed by atoms with Gasteiger partial charge in [-0.3, -0.25) is 14.6 Å². The van der Waals surface area contributed by atoms with Crippen LogP contribution in [0.25, 0.3) is 0 Å². The summed E-state index contributed by atoms with van der Waals surface area (Å²) in [6.07, 6.45) is 8.42. The molecule has 0 spiro atoms. The molecule has 0 saturated carbocycles. The first-order valence-electron chi connectivity index (χ1n) is 10.4. The third-order valence-electron chi connectivity index (χ3n) is 5.40. The normalized spacial score (nSPS) is 18.7. The number of carbonyl (C=O) groups excluding carboxylic acids is 1. The predicted octanol–water partition coefficient (Wildman–Crippen LogP) is 2.69. The topological polar surface area (TPSA) is 44.8 Å². The Labute approximate surface area is 163 Å². The largest absolute Gasteiger partial charge is 0.492 e. The number of piperazine rings is 1. The van der Waals surface area contributed by atoms with Gasteiger partial charge in [0, 0.05) is 39.3 Å². The summed E-state index contributed by atoms with van der Waals surface area (Å²) < 4.78 is 5.77. The molecule has 0 radical (unpaired) electrons. The highest BCUT2D eigenvalue weighted by atomic mass is 16.5. The van der Waals surface area contributed by atoms with Gasteiger partial charge in [-0.2, -0.15) is 0 Å². The van der Waals surface area contributed by atoms with Gasteiger partial charge in [0.15, 0.2) is 0 Å². The van der Waals surface area contributed by atoms with Gasteiger partial charge in [0.1, 0.15) is 12.4 Å². The van der Waals surface area contributed by atoms with E-state index in [1.165, 1.54) is 31.3 Å². The van der Waals surface area contributed by atoms with E-state index in [1.807, 2.05) is 30.3 Å². The molecule has 2 aliphatic rings. The van der Waals surface area contributed by atoms with Gasteiger partial charge < -0.3 is 10.1 Å². The number of ether oxygens (including phenoxy) is 1. The van der Waals surface area contributed by atoms with Crippen molar-refractivity contribution < 1.29 is 9.53 Å². The molecule has 27 heavy (non-hydrogen) atoms. The second-order valence-electron chi connectivity index (χ2n) is 7.49. The number of para-hydroxylation sites is 1. The minimum Gasteiger partial charge on any atom is -0.492 e. The summed E-state index contributed by atoms with van der Waals surface area (Å²) >= 11 is 0. The fourth-order valence-electron chi connectivity index (χ4n) is 3.73. The van der Waals surface area contributed by atoms with Crippen LogP contribution in [0.5, 0.6) is 5.75 Å². The maximum absolute atomic E-state index is 12.2. The van der Waals surface area contributed by atoms with Crippen LogP contribution in [0.4, 0.5) is 0 Å². The first-order valence-corrected chi connectivity index (χ1v) is 10.4. The number of allylic oxidation sites excluding steroid dienone is 1. The molecule has 1 aliphatic carbocycles. The molecular weight excluding hydrogens is 338 g/mol. The average Bonchev–Trinajstić information content (AvgIpc) is 2.71. The highest BCUT2D eigenvalue weighted by Gasteiger charge is 2.18. The number of nitrogens with zero attached hydrogens (tertiary/aromatic N) is 2. The van der Waals surface area contributed by atoms with E-state index < -0.39 is 0 Å². The third-order valence-corrected chi connectivity index (χ3v) is 5.40. The summed E-state index contributed by atoms with van der Waals surface area (Å²) in [7, 11) is 0. The monoisotopic (exact) mass is 371 g/mol. The molecule has 0 bridgehead atoms. The molecule has 148 valence electrons. The van der Waals surface area contributed by atoms with Crippen molar-refractivity contribution in [1.29, 1.82) is 0 Å². The lowest BCUT2D eigenvalue weighted by molar-refractivity contribution is -0.122. The van der Waals surface area contributed by atoms with Crippen molar-refractivity contribution in [2.24, 2.45) is 0 Å². The molecule has 1 aliphatic heterocycles. The Morgan fingerprint density at radius 2 is 1.81 bits per heavy atom. The molecule has 1 aromatic rings. The molecule has 0 unspecified atom stereocenters. The molecule has 5 nitrogen and oxygen atoms in total. The Bertz CT molecular complexity index is 595.